The number of rotatable bonds is 0. The number of Topliss-reactive ketones (excluding diaryl/α,β-unsaturated/α-hetero) is 1. The van der Waals surface area contributed by atoms with E-state index in [4.69, 9.17) is 0 Å². The van der Waals surface area contributed by atoms with Crippen molar-refractivity contribution in [2.45, 2.75) is 19.3 Å². The van der Waals surface area contributed by atoms with Gasteiger partial charge in [-0.3, -0.25) is 4.79 Å². The summed E-state index contributed by atoms with van der Waals surface area (Å²) in [6, 6.07) is 0. The topological polar surface area (TPSA) is 17.1 Å². The molecule has 0 N–H and O–H groups in total. The van der Waals surface area contributed by atoms with Crippen LogP contribution in [0.2, 0.25) is 0 Å². The van der Waals surface area contributed by atoms with Gasteiger partial charge in [-0.1, -0.05) is 12.2 Å². The second kappa shape index (κ2) is 1.92. The summed E-state index contributed by atoms with van der Waals surface area (Å²) < 4.78 is 0. The summed E-state index contributed by atoms with van der Waals surface area (Å²) >= 11 is 0. The van der Waals surface area contributed by atoms with Crippen LogP contribution >= 0.6 is 0 Å². The zero-order chi connectivity index (χ0) is 8.58. The predicted molar refractivity (Wildman–Crippen MR) is 48.9 cm³/mol. The molecule has 4 rings (SSSR count). The molecule has 0 aromatic heterocycles. The van der Waals surface area contributed by atoms with Crippen LogP contribution in [0.15, 0.2) is 12.2 Å². The van der Waals surface area contributed by atoms with Crippen LogP contribution in [0, 0.1) is 35.5 Å². The highest BCUT2D eigenvalue weighted by Crippen LogP contribution is 2.64. The van der Waals surface area contributed by atoms with Crippen molar-refractivity contribution in [1.82, 2.24) is 0 Å². The maximum absolute atomic E-state index is 11.6. The molecule has 3 fully saturated rings. The number of hydrogen-bond acceptors (Lipinski definition) is 1. The summed E-state index contributed by atoms with van der Waals surface area (Å²) in [5.74, 6) is 5.19. The molecule has 68 valence electrons. The van der Waals surface area contributed by atoms with Crippen molar-refractivity contribution < 1.29 is 4.79 Å². The summed E-state index contributed by atoms with van der Waals surface area (Å²) in [6.45, 7) is 0. The fraction of sp³-hybridized carbons (Fsp3) is 0.750. The third-order valence-electron chi connectivity index (χ3n) is 5.03. The van der Waals surface area contributed by atoms with Crippen molar-refractivity contribution in [3.05, 3.63) is 12.2 Å². The van der Waals surface area contributed by atoms with E-state index < -0.39 is 0 Å². The van der Waals surface area contributed by atoms with Crippen LogP contribution < -0.4 is 0 Å². The van der Waals surface area contributed by atoms with Crippen LogP contribution in [0.1, 0.15) is 19.3 Å². The van der Waals surface area contributed by atoms with Crippen LogP contribution in [-0.2, 0) is 4.79 Å². The van der Waals surface area contributed by atoms with E-state index >= 15 is 0 Å². The highest BCUT2D eigenvalue weighted by atomic mass is 16.1. The fourth-order valence-electron chi connectivity index (χ4n) is 4.74. The minimum absolute atomic E-state index is 0.481. The molecule has 0 aliphatic heterocycles. The quantitative estimate of drug-likeness (QED) is 0.405. The van der Waals surface area contributed by atoms with Crippen molar-refractivity contribution in [3.63, 3.8) is 0 Å². The van der Waals surface area contributed by atoms with E-state index in [1.165, 1.54) is 12.8 Å². The van der Waals surface area contributed by atoms with E-state index in [1.807, 2.05) is 0 Å². The van der Waals surface area contributed by atoms with Gasteiger partial charge in [-0.15, -0.1) is 0 Å². The first kappa shape index (κ1) is 6.80. The Morgan fingerprint density at radius 3 is 2.69 bits per heavy atom. The third kappa shape index (κ3) is 0.619. The largest absolute Gasteiger partial charge is 0.299 e. The van der Waals surface area contributed by atoms with E-state index in [2.05, 4.69) is 12.2 Å². The lowest BCUT2D eigenvalue weighted by Gasteiger charge is -2.30. The zero-order valence-corrected chi connectivity index (χ0v) is 7.65. The van der Waals surface area contributed by atoms with Gasteiger partial charge in [0.25, 0.3) is 0 Å². The van der Waals surface area contributed by atoms with Crippen molar-refractivity contribution >= 4 is 5.78 Å². The molecule has 4 aliphatic carbocycles. The standard InChI is InChI=1S/C12H14O/c13-10-5-8-4-9(10)12-7-2-1-6(3-7)11(8)12/h1-2,6-9,11-12H,3-5H2. The number of carbonyl (C=O) groups is 1. The normalized spacial score (nSPS) is 60.8. The van der Waals surface area contributed by atoms with Crippen LogP contribution in [0.25, 0.3) is 0 Å². The number of hydrogen-bond donors (Lipinski definition) is 0. The average Bonchev–Trinajstić information content (AvgIpc) is 2.78. The van der Waals surface area contributed by atoms with E-state index in [0.717, 1.165) is 36.0 Å². The molecule has 0 amide bonds. The predicted octanol–water partition coefficient (Wildman–Crippen LogP) is 2.03. The molecule has 13 heavy (non-hydrogen) atoms. The summed E-state index contributed by atoms with van der Waals surface area (Å²) in [5.41, 5.74) is 0. The number of ketones is 1. The molecule has 0 heterocycles. The van der Waals surface area contributed by atoms with E-state index in [9.17, 15) is 4.79 Å². The van der Waals surface area contributed by atoms with Crippen molar-refractivity contribution in [2.75, 3.05) is 0 Å². The lowest BCUT2D eigenvalue weighted by atomic mass is 9.73. The van der Waals surface area contributed by atoms with Gasteiger partial charge in [-0.25, -0.2) is 0 Å². The van der Waals surface area contributed by atoms with E-state index in [0.29, 0.717) is 11.7 Å². The Morgan fingerprint density at radius 1 is 1.08 bits per heavy atom. The summed E-state index contributed by atoms with van der Waals surface area (Å²) in [5, 5.41) is 0. The molecule has 1 heteroatoms. The maximum Gasteiger partial charge on any atom is 0.136 e. The van der Waals surface area contributed by atoms with Gasteiger partial charge in [0, 0.05) is 12.3 Å². The van der Waals surface area contributed by atoms with Gasteiger partial charge >= 0.3 is 0 Å². The molecular formula is C12H14O. The smallest absolute Gasteiger partial charge is 0.136 e. The molecular weight excluding hydrogens is 160 g/mol. The fourth-order valence-corrected chi connectivity index (χ4v) is 4.74. The minimum Gasteiger partial charge on any atom is -0.299 e. The highest BCUT2D eigenvalue weighted by molar-refractivity contribution is 5.85. The Labute approximate surface area is 78.2 Å². The summed E-state index contributed by atoms with van der Waals surface area (Å²) in [6.07, 6.45) is 8.35. The Kier molecular flexibility index (Phi) is 1.00. The number of carbonyl (C=O) groups excluding carboxylic acids is 1. The van der Waals surface area contributed by atoms with Gasteiger partial charge in [0.2, 0.25) is 0 Å². The van der Waals surface area contributed by atoms with Gasteiger partial charge in [-0.05, 0) is 42.4 Å². The monoisotopic (exact) mass is 174 g/mol. The Balaban J connectivity index is 1.82. The zero-order valence-electron chi connectivity index (χ0n) is 7.65. The number of allylic oxidation sites excluding steroid dienone is 2. The SMILES string of the molecule is O=C1CC2CC1C1C3C=CC(C3)C21. The van der Waals surface area contributed by atoms with Gasteiger partial charge < -0.3 is 0 Å². The molecule has 0 radical (unpaired) electrons. The second-order valence-electron chi connectivity index (χ2n) is 5.38. The molecule has 6 atom stereocenters. The second-order valence-corrected chi connectivity index (χ2v) is 5.38. The minimum atomic E-state index is 0.481. The molecule has 3 saturated carbocycles. The van der Waals surface area contributed by atoms with Crippen molar-refractivity contribution in [2.24, 2.45) is 35.5 Å². The Bertz CT molecular complexity index is 317. The molecule has 4 aliphatic rings. The number of fused-ring (bicyclic) bond motifs is 9. The van der Waals surface area contributed by atoms with Gasteiger partial charge in [0.05, 0.1) is 0 Å². The summed E-state index contributed by atoms with van der Waals surface area (Å²) in [7, 11) is 0. The van der Waals surface area contributed by atoms with Crippen LogP contribution in [-0.4, -0.2) is 5.78 Å². The lowest BCUT2D eigenvalue weighted by molar-refractivity contribution is -0.124. The highest BCUT2D eigenvalue weighted by Gasteiger charge is 2.60. The first-order chi connectivity index (χ1) is 6.34. The molecule has 0 saturated heterocycles. The molecule has 0 aromatic rings. The average molecular weight is 174 g/mol. The van der Waals surface area contributed by atoms with Crippen LogP contribution in [0.3, 0.4) is 0 Å². The van der Waals surface area contributed by atoms with Gasteiger partial charge in [0.15, 0.2) is 0 Å². The first-order valence-electron chi connectivity index (χ1n) is 5.55. The van der Waals surface area contributed by atoms with Crippen LogP contribution in [0.4, 0.5) is 0 Å². The Morgan fingerprint density at radius 2 is 1.85 bits per heavy atom. The molecule has 0 spiro atoms. The first-order valence-corrected chi connectivity index (χ1v) is 5.55. The van der Waals surface area contributed by atoms with E-state index in [-0.39, 0.29) is 0 Å². The van der Waals surface area contributed by atoms with E-state index in [1.54, 1.807) is 0 Å². The lowest BCUT2D eigenvalue weighted by Crippen LogP contribution is -2.30. The van der Waals surface area contributed by atoms with Crippen LogP contribution in [0.5, 0.6) is 0 Å². The summed E-state index contributed by atoms with van der Waals surface area (Å²) in [4.78, 5) is 11.6. The van der Waals surface area contributed by atoms with Gasteiger partial charge in [0.1, 0.15) is 5.78 Å². The maximum atomic E-state index is 11.6. The molecule has 6 unspecified atom stereocenters. The van der Waals surface area contributed by atoms with Gasteiger partial charge in [-0.2, -0.15) is 0 Å². The molecule has 4 bridgehead atoms. The third-order valence-corrected chi connectivity index (χ3v) is 5.03. The molecule has 1 nitrogen and oxygen atoms in total. The van der Waals surface area contributed by atoms with Crippen molar-refractivity contribution in [3.8, 4) is 0 Å². The van der Waals surface area contributed by atoms with Crippen molar-refractivity contribution in [1.29, 1.82) is 0 Å². The molecule has 0 aromatic carbocycles. The Hall–Kier alpha value is -0.590.